The third-order valence-electron chi connectivity index (χ3n) is 9.94. The maximum atomic E-state index is 13.5. The van der Waals surface area contributed by atoms with Crippen molar-refractivity contribution in [1.29, 1.82) is 5.26 Å². The van der Waals surface area contributed by atoms with Gasteiger partial charge in [-0.3, -0.25) is 19.4 Å². The number of fused-ring (bicyclic) bond motifs is 2. The Balaban J connectivity index is 1.17. The van der Waals surface area contributed by atoms with Crippen LogP contribution in [0.3, 0.4) is 0 Å². The molecule has 2 atom stereocenters. The van der Waals surface area contributed by atoms with E-state index in [9.17, 15) is 20.0 Å². The molecule has 2 aliphatic rings. The molecule has 1 fully saturated rings. The van der Waals surface area contributed by atoms with Crippen LogP contribution in [0.25, 0.3) is 33.7 Å². The number of amides is 1. The highest BCUT2D eigenvalue weighted by Gasteiger charge is 2.29. The van der Waals surface area contributed by atoms with Gasteiger partial charge >= 0.3 is 5.97 Å². The van der Waals surface area contributed by atoms with Crippen LogP contribution in [0, 0.1) is 24.2 Å². The van der Waals surface area contributed by atoms with Gasteiger partial charge < -0.3 is 19.4 Å². The lowest BCUT2D eigenvalue weighted by atomic mass is 9.96. The molecule has 12 heteroatoms. The molecule has 5 aromatic rings. The first-order valence-electron chi connectivity index (χ1n) is 16.3. The summed E-state index contributed by atoms with van der Waals surface area (Å²) >= 11 is 6.98. The number of carboxylic acids is 1. The molecular weight excluding hydrogens is 642 g/mol. The Kier molecular flexibility index (Phi) is 8.48. The third kappa shape index (κ3) is 5.97. The van der Waals surface area contributed by atoms with Crippen LogP contribution in [0.5, 0.6) is 0 Å². The van der Waals surface area contributed by atoms with Crippen molar-refractivity contribution < 1.29 is 19.1 Å². The molecule has 1 unspecified atom stereocenters. The number of oxazole rings is 1. The van der Waals surface area contributed by atoms with Crippen LogP contribution in [0.1, 0.15) is 52.0 Å². The van der Waals surface area contributed by atoms with E-state index in [1.807, 2.05) is 54.9 Å². The van der Waals surface area contributed by atoms with Crippen LogP contribution < -0.4 is 5.32 Å². The normalized spacial score (nSPS) is 18.0. The second-order valence-electron chi connectivity index (χ2n) is 13.1. The van der Waals surface area contributed by atoms with E-state index in [2.05, 4.69) is 40.1 Å². The minimum atomic E-state index is -0.780. The Hall–Kier alpha value is -5.02. The van der Waals surface area contributed by atoms with Crippen LogP contribution in [-0.2, 0) is 31.4 Å². The number of hydrogen-bond acceptors (Lipinski definition) is 8. The predicted octanol–water partition coefficient (Wildman–Crippen LogP) is 6.26. The van der Waals surface area contributed by atoms with Gasteiger partial charge in [-0.05, 0) is 74.8 Å². The molecule has 0 radical (unpaired) electrons. The van der Waals surface area contributed by atoms with Crippen molar-refractivity contribution in [3.63, 3.8) is 0 Å². The second-order valence-corrected chi connectivity index (χ2v) is 13.5. The van der Waals surface area contributed by atoms with Crippen LogP contribution in [0.4, 0.5) is 5.69 Å². The van der Waals surface area contributed by atoms with Gasteiger partial charge in [-0.25, -0.2) is 9.97 Å². The van der Waals surface area contributed by atoms with Gasteiger partial charge in [0, 0.05) is 56.0 Å². The van der Waals surface area contributed by atoms with E-state index in [4.69, 9.17) is 21.0 Å². The van der Waals surface area contributed by atoms with Crippen molar-refractivity contribution in [3.8, 4) is 28.7 Å². The molecule has 0 spiro atoms. The molecule has 11 nitrogen and oxygen atoms in total. The lowest BCUT2D eigenvalue weighted by molar-refractivity contribution is -0.141. The monoisotopic (exact) mass is 677 g/mol. The zero-order chi connectivity index (χ0) is 34.6. The van der Waals surface area contributed by atoms with E-state index in [-0.39, 0.29) is 11.8 Å². The number of imidazole rings is 1. The van der Waals surface area contributed by atoms with Crippen molar-refractivity contribution in [2.24, 2.45) is 13.0 Å². The predicted molar refractivity (Wildman–Crippen MR) is 186 cm³/mol. The molecule has 1 saturated heterocycles. The topological polar surface area (TPSA) is 141 Å². The number of likely N-dealkylation sites (tertiary alicyclic amines) is 1. The summed E-state index contributed by atoms with van der Waals surface area (Å²) in [6.07, 6.45) is 1.43. The standard InChI is InChI=1S/C37H36ClN7O4/c1-20-13-31-30(19-43(20)3)40-34(44(31)4)35(46)41-28-10-6-9-27(32(28)38)25-7-5-8-26(21(25)2)36-42-29-15-22(14-24(16-39)33(29)49-36)17-45-12-11-23(18-45)37(47)48/h5-10,14-15,20,23H,11-13,17-19H2,1-4H3,(H,41,46)(H,47,48)/t20?,23-/m1/s1. The van der Waals surface area contributed by atoms with Gasteiger partial charge in [-0.2, -0.15) is 5.26 Å². The molecule has 3 aromatic carbocycles. The van der Waals surface area contributed by atoms with Crippen LogP contribution in [0.15, 0.2) is 52.9 Å². The highest BCUT2D eigenvalue weighted by molar-refractivity contribution is 6.36. The SMILES string of the molecule is Cc1c(-c2nc3cc(CN4CC[C@@H](C(=O)O)C4)cc(C#N)c3o2)cccc1-c1cccc(NC(=O)c2nc3c(n2C)CC(C)N(C)C3)c1Cl. The van der Waals surface area contributed by atoms with Crippen LogP contribution >= 0.6 is 11.6 Å². The molecule has 4 heterocycles. The maximum absolute atomic E-state index is 13.5. The first-order valence-corrected chi connectivity index (χ1v) is 16.6. The fourth-order valence-electron chi connectivity index (χ4n) is 6.99. The highest BCUT2D eigenvalue weighted by Crippen LogP contribution is 2.39. The number of rotatable bonds is 7. The number of likely N-dealkylation sites (N-methyl/N-ethyl adjacent to an activating group) is 1. The summed E-state index contributed by atoms with van der Waals surface area (Å²) in [7, 11) is 3.94. The first kappa shape index (κ1) is 32.5. The van der Waals surface area contributed by atoms with Crippen molar-refractivity contribution >= 4 is 40.3 Å². The average Bonchev–Trinajstić information content (AvgIpc) is 3.80. The quantitative estimate of drug-likeness (QED) is 0.204. The lowest BCUT2D eigenvalue weighted by Gasteiger charge is -2.29. The number of nitrogens with zero attached hydrogens (tertiary/aromatic N) is 6. The fraction of sp³-hybridized carbons (Fsp3) is 0.324. The molecule has 7 rings (SSSR count). The average molecular weight is 678 g/mol. The summed E-state index contributed by atoms with van der Waals surface area (Å²) in [5.74, 6) is -0.779. The molecule has 49 heavy (non-hydrogen) atoms. The largest absolute Gasteiger partial charge is 0.481 e. The Morgan fingerprint density at radius 1 is 1.12 bits per heavy atom. The van der Waals surface area contributed by atoms with Gasteiger partial charge in [0.2, 0.25) is 5.89 Å². The van der Waals surface area contributed by atoms with Crippen molar-refractivity contribution in [2.75, 3.05) is 25.5 Å². The van der Waals surface area contributed by atoms with Gasteiger partial charge in [0.05, 0.1) is 27.9 Å². The summed E-state index contributed by atoms with van der Waals surface area (Å²) in [4.78, 5) is 38.7. The summed E-state index contributed by atoms with van der Waals surface area (Å²) in [5.41, 5.74) is 7.84. The van der Waals surface area contributed by atoms with E-state index in [1.165, 1.54) is 0 Å². The van der Waals surface area contributed by atoms with Gasteiger partial charge in [-0.1, -0.05) is 35.9 Å². The number of carbonyl (C=O) groups is 2. The molecular formula is C37H36ClN7O4. The van der Waals surface area contributed by atoms with Crippen LogP contribution in [-0.4, -0.2) is 67.5 Å². The zero-order valence-corrected chi connectivity index (χ0v) is 28.5. The molecule has 2 aromatic heterocycles. The van der Waals surface area contributed by atoms with E-state index in [0.29, 0.717) is 77.7 Å². The number of benzene rings is 3. The molecule has 0 bridgehead atoms. The third-order valence-corrected chi connectivity index (χ3v) is 10.3. The number of carbonyl (C=O) groups excluding carboxylic acids is 1. The number of carboxylic acid groups (broad SMARTS) is 1. The molecule has 0 saturated carbocycles. The first-order chi connectivity index (χ1) is 23.5. The number of halogens is 1. The summed E-state index contributed by atoms with van der Waals surface area (Å²) in [5, 5.41) is 22.7. The molecule has 2 aliphatic heterocycles. The molecule has 2 N–H and O–H groups in total. The number of aliphatic carboxylic acids is 1. The minimum absolute atomic E-state index is 0.331. The molecule has 1 amide bonds. The van der Waals surface area contributed by atoms with Gasteiger partial charge in [-0.15, -0.1) is 0 Å². The fourth-order valence-corrected chi connectivity index (χ4v) is 7.27. The van der Waals surface area contributed by atoms with Crippen molar-refractivity contribution in [2.45, 2.75) is 45.8 Å². The van der Waals surface area contributed by atoms with Gasteiger partial charge in [0.1, 0.15) is 11.6 Å². The Bertz CT molecular complexity index is 2180. The minimum Gasteiger partial charge on any atom is -0.481 e. The number of aromatic nitrogens is 3. The lowest BCUT2D eigenvalue weighted by Crippen LogP contribution is -2.35. The summed E-state index contributed by atoms with van der Waals surface area (Å²) < 4.78 is 8.09. The van der Waals surface area contributed by atoms with E-state index >= 15 is 0 Å². The van der Waals surface area contributed by atoms with Crippen molar-refractivity contribution in [1.82, 2.24) is 24.3 Å². The molecule has 250 valence electrons. The van der Waals surface area contributed by atoms with Crippen LogP contribution in [0.2, 0.25) is 5.02 Å². The smallest absolute Gasteiger partial charge is 0.307 e. The van der Waals surface area contributed by atoms with E-state index < -0.39 is 5.97 Å². The number of nitriles is 1. The maximum Gasteiger partial charge on any atom is 0.307 e. The van der Waals surface area contributed by atoms with E-state index in [0.717, 1.165) is 45.6 Å². The summed E-state index contributed by atoms with van der Waals surface area (Å²) in [6, 6.07) is 17.6. The van der Waals surface area contributed by atoms with Crippen molar-refractivity contribution in [3.05, 3.63) is 87.5 Å². The highest BCUT2D eigenvalue weighted by atomic mass is 35.5. The Labute approximate surface area is 288 Å². The number of anilines is 1. The number of nitrogens with one attached hydrogen (secondary N) is 1. The number of hydrogen-bond donors (Lipinski definition) is 2. The molecule has 0 aliphatic carbocycles. The van der Waals surface area contributed by atoms with Gasteiger partial charge in [0.25, 0.3) is 5.91 Å². The Morgan fingerprint density at radius 2 is 1.88 bits per heavy atom. The van der Waals surface area contributed by atoms with E-state index in [1.54, 1.807) is 12.1 Å². The zero-order valence-electron chi connectivity index (χ0n) is 27.7. The van der Waals surface area contributed by atoms with Gasteiger partial charge in [0.15, 0.2) is 11.4 Å². The Morgan fingerprint density at radius 3 is 2.63 bits per heavy atom. The summed E-state index contributed by atoms with van der Waals surface area (Å²) in [6.45, 7) is 6.49. The second kappa shape index (κ2) is 12.8.